The van der Waals surface area contributed by atoms with Gasteiger partial charge < -0.3 is 14.4 Å². The molecule has 0 aliphatic rings. The molecule has 0 amide bonds. The Kier molecular flexibility index (Phi) is 5.27. The van der Waals surface area contributed by atoms with Crippen LogP contribution in [0.25, 0.3) is 44.6 Å². The summed E-state index contributed by atoms with van der Waals surface area (Å²) in [6.07, 6.45) is 0.803. The summed E-state index contributed by atoms with van der Waals surface area (Å²) in [7, 11) is 0. The first-order chi connectivity index (χ1) is 23.5. The Balaban J connectivity index is 0.000000229. The van der Waals surface area contributed by atoms with Crippen molar-refractivity contribution in [3.63, 3.8) is 0 Å². The zero-order chi connectivity index (χ0) is 37.7. The molecule has 6 aromatic rings. The van der Waals surface area contributed by atoms with E-state index < -0.39 is 32.3 Å². The largest absolute Gasteiger partial charge is 0.486 e. The molecule has 2 aromatic carbocycles. The fraction of sp³-hybridized carbons (Fsp3) is 0.229. The molecular weight excluding hydrogens is 671 g/mol. The molecule has 40 heavy (non-hydrogen) atoms. The monoisotopic (exact) mass is 716 g/mol. The summed E-state index contributed by atoms with van der Waals surface area (Å²) >= 11 is 0. The van der Waals surface area contributed by atoms with Gasteiger partial charge in [0.1, 0.15) is 0 Å². The molecule has 205 valence electrons. The first-order valence-corrected chi connectivity index (χ1v) is 12.2. The number of fused-ring (bicyclic) bond motifs is 3. The third kappa shape index (κ3) is 6.72. The topological polar surface area (TPSA) is 51.8 Å². The maximum absolute atomic E-state index is 8.52. The molecule has 0 spiro atoms. The van der Waals surface area contributed by atoms with Crippen LogP contribution in [0.3, 0.4) is 0 Å². The standard InChI is InChI=1S/C18H22N.C17H11N2O.Ir/c1-13-6-8-15(9-7-13)17-10-16(11-18(3,4)5)14(2)12-19-17;1-11-8-9-13-12-5-4-6-14(15-7-2-3-10-18-15)16(12)20-17(13)19-11;/h6-8,10,12H,11H2,1-5H3;2-5,7-10H,1H3;/q2*-1;/i1D3,2D3,11D2;1D3,2D;. The van der Waals surface area contributed by atoms with Gasteiger partial charge in [0.2, 0.25) is 5.71 Å². The van der Waals surface area contributed by atoms with Crippen molar-refractivity contribution in [3.8, 4) is 22.5 Å². The van der Waals surface area contributed by atoms with Crippen LogP contribution in [0.1, 0.15) is 59.6 Å². The first kappa shape index (κ1) is 17.2. The molecule has 5 heteroatoms. The molecule has 0 saturated carbocycles. The summed E-state index contributed by atoms with van der Waals surface area (Å²) in [4.78, 5) is 12.6. The maximum atomic E-state index is 8.52. The number of pyridine rings is 3. The van der Waals surface area contributed by atoms with Crippen molar-refractivity contribution in [1.29, 1.82) is 0 Å². The Bertz CT molecular complexity index is 2200. The summed E-state index contributed by atoms with van der Waals surface area (Å²) < 4.78 is 98.4. The van der Waals surface area contributed by atoms with Crippen LogP contribution in [0.2, 0.25) is 0 Å². The molecule has 4 nitrogen and oxygen atoms in total. The maximum Gasteiger partial charge on any atom is 0.216 e. The third-order valence-electron chi connectivity index (χ3n) is 5.66. The van der Waals surface area contributed by atoms with Gasteiger partial charge in [-0.05, 0) is 60.6 Å². The van der Waals surface area contributed by atoms with Crippen molar-refractivity contribution in [3.05, 3.63) is 114 Å². The van der Waals surface area contributed by atoms with E-state index in [1.54, 1.807) is 51.2 Å². The van der Waals surface area contributed by atoms with Crippen LogP contribution in [0, 0.1) is 38.1 Å². The first-order valence-electron chi connectivity index (χ1n) is 18.2. The van der Waals surface area contributed by atoms with Crippen LogP contribution in [-0.4, -0.2) is 15.0 Å². The minimum Gasteiger partial charge on any atom is -0.486 e. The van der Waals surface area contributed by atoms with Crippen molar-refractivity contribution in [2.75, 3.05) is 0 Å². The van der Waals surface area contributed by atoms with Gasteiger partial charge >= 0.3 is 0 Å². The average Bonchev–Trinajstić information content (AvgIpc) is 3.41. The number of nitrogens with zero attached hydrogens (tertiary/aromatic N) is 3. The van der Waals surface area contributed by atoms with E-state index in [-0.39, 0.29) is 48.2 Å². The van der Waals surface area contributed by atoms with Gasteiger partial charge in [0.25, 0.3) is 0 Å². The molecule has 0 atom stereocenters. The van der Waals surface area contributed by atoms with E-state index in [1.165, 1.54) is 36.5 Å². The van der Waals surface area contributed by atoms with Crippen LogP contribution < -0.4 is 0 Å². The molecule has 0 bridgehead atoms. The van der Waals surface area contributed by atoms with Crippen molar-refractivity contribution in [2.24, 2.45) is 5.41 Å². The molecule has 4 heterocycles. The Morgan fingerprint density at radius 1 is 0.975 bits per heavy atom. The van der Waals surface area contributed by atoms with Gasteiger partial charge in [-0.15, -0.1) is 53.6 Å². The summed E-state index contributed by atoms with van der Waals surface area (Å²) in [6, 6.07) is 22.0. The van der Waals surface area contributed by atoms with Crippen molar-refractivity contribution >= 4 is 22.1 Å². The predicted molar refractivity (Wildman–Crippen MR) is 159 cm³/mol. The Morgan fingerprint density at radius 2 is 1.88 bits per heavy atom. The van der Waals surface area contributed by atoms with Gasteiger partial charge in [0.05, 0.1) is 6.95 Å². The van der Waals surface area contributed by atoms with E-state index in [2.05, 4.69) is 27.1 Å². The second-order valence-corrected chi connectivity index (χ2v) is 9.87. The van der Waals surface area contributed by atoms with Crippen LogP contribution in [0.4, 0.5) is 0 Å². The molecule has 0 N–H and O–H groups in total. The third-order valence-corrected chi connectivity index (χ3v) is 5.66. The zero-order valence-electron chi connectivity index (χ0n) is 34.0. The predicted octanol–water partition coefficient (Wildman–Crippen LogP) is 8.90. The zero-order valence-corrected chi connectivity index (χ0v) is 24.4. The number of aromatic nitrogens is 3. The second kappa shape index (κ2) is 12.2. The number of hydrogen-bond acceptors (Lipinski definition) is 4. The van der Waals surface area contributed by atoms with E-state index in [1.807, 2.05) is 6.07 Å². The van der Waals surface area contributed by atoms with Crippen LogP contribution >= 0.6 is 0 Å². The van der Waals surface area contributed by atoms with Gasteiger partial charge in [-0.2, -0.15) is 0 Å². The van der Waals surface area contributed by atoms with Crippen LogP contribution in [0.15, 0.2) is 83.5 Å². The SMILES string of the molecule is [2H]C([2H])([2H])c1c[c-]c(-c2cc(C([2H])([2H])C(C)(C)C)c(C([2H])([2H])[2H])cn2)cc1.[2H]c1ccnc(-c2[c-]ccc3c2oc2nc(C([2H])([2H])[2H])ccc23)c1.[Ir]. The fourth-order valence-corrected chi connectivity index (χ4v) is 3.97. The number of rotatable bonds is 3. The quantitative estimate of drug-likeness (QED) is 0.172. The van der Waals surface area contributed by atoms with Crippen LogP contribution in [0.5, 0.6) is 0 Å². The Hall–Kier alpha value is -3.66. The molecule has 0 aliphatic carbocycles. The van der Waals surface area contributed by atoms with Crippen molar-refractivity contribution in [1.82, 2.24) is 15.0 Å². The summed E-state index contributed by atoms with van der Waals surface area (Å²) in [5.41, 5.74) is 1.98. The van der Waals surface area contributed by atoms with Gasteiger partial charge in [0, 0.05) is 58.7 Å². The van der Waals surface area contributed by atoms with Crippen molar-refractivity contribution in [2.45, 2.75) is 47.7 Å². The van der Waals surface area contributed by atoms with Gasteiger partial charge in [-0.25, -0.2) is 4.98 Å². The smallest absolute Gasteiger partial charge is 0.216 e. The molecule has 4 aromatic heterocycles. The molecule has 1 radical (unpaired) electrons. The summed E-state index contributed by atoms with van der Waals surface area (Å²) in [5, 5.41) is 1.54. The van der Waals surface area contributed by atoms with Crippen LogP contribution in [-0.2, 0) is 26.5 Å². The van der Waals surface area contributed by atoms with Gasteiger partial charge in [0.15, 0.2) is 0 Å². The van der Waals surface area contributed by atoms with E-state index in [0.717, 1.165) is 10.8 Å². The van der Waals surface area contributed by atoms with Crippen molar-refractivity contribution < 1.29 is 41.0 Å². The normalized spacial score (nSPS) is 16.9. The number of furan rings is 1. The number of benzene rings is 2. The van der Waals surface area contributed by atoms with E-state index in [0.29, 0.717) is 34.1 Å². The minimum absolute atomic E-state index is 0. The molecule has 0 fully saturated rings. The van der Waals surface area contributed by atoms with E-state index >= 15 is 0 Å². The Labute approximate surface area is 267 Å². The van der Waals surface area contributed by atoms with E-state index in [4.69, 9.17) is 20.9 Å². The number of hydrogen-bond donors (Lipinski definition) is 0. The molecule has 0 aliphatic heterocycles. The van der Waals surface area contributed by atoms with E-state index in [9.17, 15) is 0 Å². The molecule has 0 saturated heterocycles. The molecular formula is C35H33IrN3O-2. The number of aryl methyl sites for hydroxylation is 3. The van der Waals surface area contributed by atoms with Gasteiger partial charge in [-0.1, -0.05) is 62.3 Å². The van der Waals surface area contributed by atoms with Gasteiger partial charge in [-0.3, -0.25) is 0 Å². The fourth-order valence-electron chi connectivity index (χ4n) is 3.97. The molecule has 6 rings (SSSR count). The summed E-state index contributed by atoms with van der Waals surface area (Å²) in [5.74, 6) is 0. The summed E-state index contributed by atoms with van der Waals surface area (Å²) in [6.45, 7) is -1.94. The minimum atomic E-state index is -2.51. The molecule has 0 unspecified atom stereocenters. The second-order valence-electron chi connectivity index (χ2n) is 9.87. The Morgan fingerprint density at radius 3 is 2.60 bits per heavy atom. The average molecular weight is 716 g/mol.